The first-order chi connectivity index (χ1) is 12.3. The first-order valence-electron chi connectivity index (χ1n) is 8.15. The van der Waals surface area contributed by atoms with Gasteiger partial charge in [0.1, 0.15) is 6.10 Å². The Balaban J connectivity index is 2.08. The Kier molecular flexibility index (Phi) is 5.79. The maximum absolute atomic E-state index is 11.7. The molecular weight excluding hydrogens is 447 g/mol. The molecule has 6 nitrogen and oxygen atoms in total. The van der Waals surface area contributed by atoms with Crippen molar-refractivity contribution in [2.24, 2.45) is 0 Å². The fraction of sp³-hybridized carbons (Fsp3) is 0.471. The topological polar surface area (TPSA) is 70.4 Å². The van der Waals surface area contributed by atoms with Crippen molar-refractivity contribution >= 4 is 62.1 Å². The van der Waals surface area contributed by atoms with Gasteiger partial charge < -0.3 is 14.0 Å². The smallest absolute Gasteiger partial charge is 0.303 e. The fourth-order valence-corrected chi connectivity index (χ4v) is 4.40. The maximum Gasteiger partial charge on any atom is 0.303 e. The molecule has 1 heterocycles. The largest absolute Gasteiger partial charge is 0.459 e. The molecule has 1 aromatic carbocycles. The standard InChI is InChI=1S/C17H17BrCl2N2O4/c1-8(23)25-15-5-3-4-13(16(15)26-9(2)24)22-14-7-11(20)10(19)6-12(14)21-17(22)18/h6-7,13,15-16H,3-5H2,1-2H3. The van der Waals surface area contributed by atoms with Crippen LogP contribution < -0.4 is 0 Å². The van der Waals surface area contributed by atoms with Gasteiger partial charge in [-0.15, -0.1) is 0 Å². The third-order valence-corrected chi connectivity index (χ3v) is 5.66. The summed E-state index contributed by atoms with van der Waals surface area (Å²) in [7, 11) is 0. The van der Waals surface area contributed by atoms with E-state index in [-0.39, 0.29) is 6.04 Å². The number of esters is 2. The molecule has 3 rings (SSSR count). The molecule has 0 N–H and O–H groups in total. The number of rotatable bonds is 3. The van der Waals surface area contributed by atoms with Gasteiger partial charge in [-0.2, -0.15) is 0 Å². The van der Waals surface area contributed by atoms with Gasteiger partial charge in [0.2, 0.25) is 0 Å². The Morgan fingerprint density at radius 1 is 1.15 bits per heavy atom. The zero-order chi connectivity index (χ0) is 19.0. The predicted molar refractivity (Wildman–Crippen MR) is 101 cm³/mol. The third-order valence-electron chi connectivity index (χ3n) is 4.37. The van der Waals surface area contributed by atoms with E-state index in [0.29, 0.717) is 26.7 Å². The van der Waals surface area contributed by atoms with E-state index in [2.05, 4.69) is 20.9 Å². The molecule has 3 atom stereocenters. The lowest BCUT2D eigenvalue weighted by atomic mass is 9.89. The molecule has 9 heteroatoms. The van der Waals surface area contributed by atoms with Crippen molar-refractivity contribution in [3.8, 4) is 0 Å². The third kappa shape index (κ3) is 3.85. The molecule has 1 aliphatic carbocycles. The summed E-state index contributed by atoms with van der Waals surface area (Å²) in [5.74, 6) is -0.835. The SMILES string of the molecule is CC(=O)OC1CCCC(n2c(Br)nc3cc(Cl)c(Cl)cc32)C1OC(C)=O. The van der Waals surface area contributed by atoms with Crippen LogP contribution in [0.4, 0.5) is 0 Å². The summed E-state index contributed by atoms with van der Waals surface area (Å²) < 4.78 is 13.5. The van der Waals surface area contributed by atoms with Gasteiger partial charge in [-0.25, -0.2) is 4.98 Å². The molecular formula is C17H17BrCl2N2O4. The molecule has 1 aliphatic rings. The number of aromatic nitrogens is 2. The number of hydrogen-bond donors (Lipinski definition) is 0. The van der Waals surface area contributed by atoms with Crippen molar-refractivity contribution < 1.29 is 19.1 Å². The second-order valence-electron chi connectivity index (χ2n) is 6.23. The van der Waals surface area contributed by atoms with Crippen molar-refractivity contribution in [2.45, 2.75) is 51.4 Å². The zero-order valence-electron chi connectivity index (χ0n) is 14.2. The Bertz CT molecular complexity index is 870. The molecule has 0 spiro atoms. The molecule has 1 aromatic heterocycles. The quantitative estimate of drug-likeness (QED) is 0.617. The van der Waals surface area contributed by atoms with Gasteiger partial charge in [0.25, 0.3) is 0 Å². The first kappa shape index (κ1) is 19.5. The van der Waals surface area contributed by atoms with E-state index in [1.165, 1.54) is 13.8 Å². The highest BCUT2D eigenvalue weighted by molar-refractivity contribution is 9.10. The van der Waals surface area contributed by atoms with Gasteiger partial charge >= 0.3 is 11.9 Å². The van der Waals surface area contributed by atoms with Gasteiger partial charge in [-0.3, -0.25) is 9.59 Å². The number of imidazole rings is 1. The number of halogens is 3. The molecule has 140 valence electrons. The summed E-state index contributed by atoms with van der Waals surface area (Å²) in [5.41, 5.74) is 1.43. The highest BCUT2D eigenvalue weighted by atomic mass is 79.9. The fourth-order valence-electron chi connectivity index (χ4n) is 3.44. The van der Waals surface area contributed by atoms with Gasteiger partial charge in [0.05, 0.1) is 27.1 Å². The molecule has 1 fully saturated rings. The number of nitrogens with zero attached hydrogens (tertiary/aromatic N) is 2. The van der Waals surface area contributed by atoms with Crippen LogP contribution in [0.2, 0.25) is 10.0 Å². The molecule has 26 heavy (non-hydrogen) atoms. The minimum atomic E-state index is -0.617. The summed E-state index contributed by atoms with van der Waals surface area (Å²) in [6, 6.07) is 3.17. The molecule has 0 bridgehead atoms. The van der Waals surface area contributed by atoms with Crippen LogP contribution in [0, 0.1) is 0 Å². The average molecular weight is 464 g/mol. The van der Waals surface area contributed by atoms with E-state index in [1.54, 1.807) is 12.1 Å². The monoisotopic (exact) mass is 462 g/mol. The maximum atomic E-state index is 11.7. The van der Waals surface area contributed by atoms with E-state index >= 15 is 0 Å². The lowest BCUT2D eigenvalue weighted by molar-refractivity contribution is -0.173. The second-order valence-corrected chi connectivity index (χ2v) is 7.75. The van der Waals surface area contributed by atoms with Crippen molar-refractivity contribution in [3.63, 3.8) is 0 Å². The van der Waals surface area contributed by atoms with Crippen LogP contribution in [-0.2, 0) is 19.1 Å². The van der Waals surface area contributed by atoms with Gasteiger partial charge in [0, 0.05) is 13.8 Å². The lowest BCUT2D eigenvalue weighted by Gasteiger charge is -2.37. The van der Waals surface area contributed by atoms with Crippen LogP contribution in [-0.4, -0.2) is 33.7 Å². The summed E-state index contributed by atoms with van der Waals surface area (Å²) in [6.07, 6.45) is 1.05. The molecule has 3 unspecified atom stereocenters. The Morgan fingerprint density at radius 3 is 2.46 bits per heavy atom. The van der Waals surface area contributed by atoms with E-state index in [1.807, 2.05) is 4.57 Å². The number of carbonyl (C=O) groups excluding carboxylic acids is 2. The van der Waals surface area contributed by atoms with Crippen LogP contribution in [0.3, 0.4) is 0 Å². The van der Waals surface area contributed by atoms with Crippen molar-refractivity contribution in [3.05, 3.63) is 26.9 Å². The minimum absolute atomic E-state index is 0.256. The molecule has 0 aliphatic heterocycles. The van der Waals surface area contributed by atoms with Crippen LogP contribution in [0.5, 0.6) is 0 Å². The van der Waals surface area contributed by atoms with E-state index in [4.69, 9.17) is 32.7 Å². The van der Waals surface area contributed by atoms with Crippen LogP contribution in [0.1, 0.15) is 39.2 Å². The lowest BCUT2D eigenvalue weighted by Crippen LogP contribution is -2.44. The first-order valence-corrected chi connectivity index (χ1v) is 9.69. The van der Waals surface area contributed by atoms with Crippen molar-refractivity contribution in [1.82, 2.24) is 9.55 Å². The number of fused-ring (bicyclic) bond motifs is 1. The van der Waals surface area contributed by atoms with Gasteiger partial charge in [-0.05, 0) is 47.3 Å². The van der Waals surface area contributed by atoms with E-state index in [0.717, 1.165) is 18.4 Å². The summed E-state index contributed by atoms with van der Waals surface area (Å²) in [4.78, 5) is 27.6. The number of ether oxygens (including phenoxy) is 2. The van der Waals surface area contributed by atoms with E-state index in [9.17, 15) is 9.59 Å². The summed E-state index contributed by atoms with van der Waals surface area (Å²) in [5, 5.41) is 0.818. The minimum Gasteiger partial charge on any atom is -0.459 e. The van der Waals surface area contributed by atoms with Crippen LogP contribution in [0.15, 0.2) is 16.9 Å². The Morgan fingerprint density at radius 2 is 1.81 bits per heavy atom. The van der Waals surface area contributed by atoms with Crippen molar-refractivity contribution in [2.75, 3.05) is 0 Å². The highest BCUT2D eigenvalue weighted by Crippen LogP contribution is 2.39. The molecule has 2 aromatic rings. The molecule has 1 saturated carbocycles. The average Bonchev–Trinajstić information content (AvgIpc) is 2.84. The second kappa shape index (κ2) is 7.74. The van der Waals surface area contributed by atoms with Crippen molar-refractivity contribution in [1.29, 1.82) is 0 Å². The number of hydrogen-bond acceptors (Lipinski definition) is 5. The zero-order valence-corrected chi connectivity index (χ0v) is 17.3. The molecule has 0 saturated heterocycles. The Labute approximate surface area is 168 Å². The molecule has 0 amide bonds. The van der Waals surface area contributed by atoms with E-state index < -0.39 is 24.1 Å². The summed E-state index contributed by atoms with van der Waals surface area (Å²) >= 11 is 15.7. The highest BCUT2D eigenvalue weighted by Gasteiger charge is 2.40. The number of carbonyl (C=O) groups is 2. The van der Waals surface area contributed by atoms with Crippen LogP contribution >= 0.6 is 39.1 Å². The Hall–Kier alpha value is -1.31. The molecule has 0 radical (unpaired) electrons. The van der Waals surface area contributed by atoms with Gasteiger partial charge in [0.15, 0.2) is 10.8 Å². The predicted octanol–water partition coefficient (Wildman–Crippen LogP) is 4.69. The van der Waals surface area contributed by atoms with Crippen LogP contribution in [0.25, 0.3) is 11.0 Å². The number of benzene rings is 1. The normalized spacial score (nSPS) is 23.0. The van der Waals surface area contributed by atoms with Gasteiger partial charge in [-0.1, -0.05) is 23.2 Å². The summed E-state index contributed by atoms with van der Waals surface area (Å²) in [6.45, 7) is 2.69.